The number of hydrogen-bond donors (Lipinski definition) is 1. The van der Waals surface area contributed by atoms with E-state index in [0.717, 1.165) is 11.5 Å². The van der Waals surface area contributed by atoms with Gasteiger partial charge in [-0.05, 0) is 12.1 Å². The molecule has 0 aliphatic rings. The van der Waals surface area contributed by atoms with Gasteiger partial charge in [-0.15, -0.1) is 0 Å². The Hall–Kier alpha value is -2.08. The summed E-state index contributed by atoms with van der Waals surface area (Å²) >= 11 is 0. The second-order valence-electron chi connectivity index (χ2n) is 3.60. The van der Waals surface area contributed by atoms with Crippen molar-refractivity contribution in [1.29, 1.82) is 0 Å². The van der Waals surface area contributed by atoms with E-state index in [1.165, 1.54) is 0 Å². The summed E-state index contributed by atoms with van der Waals surface area (Å²) in [6, 6.07) is 7.39. The van der Waals surface area contributed by atoms with E-state index in [4.69, 9.17) is 14.2 Å². The van der Waals surface area contributed by atoms with E-state index >= 15 is 0 Å². The van der Waals surface area contributed by atoms with Crippen molar-refractivity contribution >= 4 is 0 Å². The van der Waals surface area contributed by atoms with Crippen LogP contribution in [-0.4, -0.2) is 29.4 Å². The highest BCUT2D eigenvalue weighted by molar-refractivity contribution is 5.32. The Morgan fingerprint density at radius 2 is 2.00 bits per heavy atom. The Labute approximate surface area is 105 Å². The van der Waals surface area contributed by atoms with Crippen LogP contribution in [0.15, 0.2) is 24.3 Å². The maximum absolute atomic E-state index is 5.57. The van der Waals surface area contributed by atoms with E-state index in [-0.39, 0.29) is 0 Å². The number of rotatable bonds is 6. The molecule has 0 spiro atoms. The average Bonchev–Trinajstić information content (AvgIpc) is 2.85. The van der Waals surface area contributed by atoms with Gasteiger partial charge in [0.2, 0.25) is 0 Å². The molecular weight excluding hydrogens is 234 g/mol. The highest BCUT2D eigenvalue weighted by Gasteiger charge is 2.04. The lowest BCUT2D eigenvalue weighted by atomic mass is 10.3. The van der Waals surface area contributed by atoms with E-state index in [1.807, 2.05) is 24.3 Å². The van der Waals surface area contributed by atoms with Crippen LogP contribution in [0.4, 0.5) is 0 Å². The number of ether oxygens (including phenoxy) is 3. The molecule has 1 heterocycles. The monoisotopic (exact) mass is 249 g/mol. The number of benzene rings is 1. The Bertz CT molecular complexity index is 499. The normalized spacial score (nSPS) is 10.3. The van der Waals surface area contributed by atoms with Crippen LogP contribution in [0.25, 0.3) is 0 Å². The smallest absolute Gasteiger partial charge is 0.176 e. The number of hydrogen-bond acceptors (Lipinski definition) is 5. The lowest BCUT2D eigenvalue weighted by Gasteiger charge is -2.05. The zero-order chi connectivity index (χ0) is 12.8. The predicted molar refractivity (Wildman–Crippen MR) is 64.4 cm³/mol. The third-order valence-corrected chi connectivity index (χ3v) is 2.27. The molecule has 0 aliphatic heterocycles. The highest BCUT2D eigenvalue weighted by atomic mass is 16.5. The van der Waals surface area contributed by atoms with Crippen molar-refractivity contribution in [3.63, 3.8) is 0 Å². The summed E-state index contributed by atoms with van der Waals surface area (Å²) in [5.74, 6) is 2.75. The largest absolute Gasteiger partial charge is 0.497 e. The van der Waals surface area contributed by atoms with Crippen LogP contribution in [-0.2, 0) is 18.0 Å². The number of nitrogens with one attached hydrogen (secondary N) is 1. The lowest BCUT2D eigenvalue weighted by molar-refractivity contribution is 0.178. The number of methoxy groups -OCH3 is 2. The maximum atomic E-state index is 5.57. The molecule has 96 valence electrons. The van der Waals surface area contributed by atoms with E-state index < -0.39 is 0 Å². The van der Waals surface area contributed by atoms with Gasteiger partial charge in [-0.1, -0.05) is 6.07 Å². The molecule has 0 radical (unpaired) electrons. The summed E-state index contributed by atoms with van der Waals surface area (Å²) in [4.78, 5) is 4.21. The van der Waals surface area contributed by atoms with Crippen LogP contribution in [0.3, 0.4) is 0 Å². The van der Waals surface area contributed by atoms with E-state index in [1.54, 1.807) is 14.2 Å². The van der Waals surface area contributed by atoms with Crippen molar-refractivity contribution in [3.8, 4) is 11.5 Å². The quantitative estimate of drug-likeness (QED) is 0.841. The molecule has 18 heavy (non-hydrogen) atoms. The standard InChI is InChI=1S/C12H15N3O3/c1-16-7-11-13-12(15-14-11)8-18-10-5-3-4-9(6-10)17-2/h3-6H,7-8H2,1-2H3,(H,13,14,15). The second kappa shape index (κ2) is 6.02. The van der Waals surface area contributed by atoms with Gasteiger partial charge in [-0.2, -0.15) is 5.10 Å². The molecule has 0 saturated heterocycles. The van der Waals surface area contributed by atoms with Crippen LogP contribution in [0.2, 0.25) is 0 Å². The third kappa shape index (κ3) is 3.21. The van der Waals surface area contributed by atoms with Gasteiger partial charge >= 0.3 is 0 Å². The molecular formula is C12H15N3O3. The molecule has 6 heteroatoms. The van der Waals surface area contributed by atoms with E-state index in [0.29, 0.717) is 24.9 Å². The van der Waals surface area contributed by atoms with Gasteiger partial charge in [-0.3, -0.25) is 5.10 Å². The van der Waals surface area contributed by atoms with Crippen molar-refractivity contribution < 1.29 is 14.2 Å². The molecule has 1 aromatic carbocycles. The fourth-order valence-electron chi connectivity index (χ4n) is 1.44. The number of H-pyrrole nitrogens is 1. The molecule has 1 N–H and O–H groups in total. The van der Waals surface area contributed by atoms with Crippen LogP contribution in [0.1, 0.15) is 11.6 Å². The summed E-state index contributed by atoms with van der Waals surface area (Å²) in [5.41, 5.74) is 0. The van der Waals surface area contributed by atoms with Gasteiger partial charge < -0.3 is 14.2 Å². The van der Waals surface area contributed by atoms with Gasteiger partial charge in [0.05, 0.1) is 7.11 Å². The molecule has 0 unspecified atom stereocenters. The van der Waals surface area contributed by atoms with Crippen LogP contribution < -0.4 is 9.47 Å². The Morgan fingerprint density at radius 1 is 1.17 bits per heavy atom. The van der Waals surface area contributed by atoms with Crippen molar-refractivity contribution in [3.05, 3.63) is 35.9 Å². The molecule has 2 aromatic rings. The van der Waals surface area contributed by atoms with Crippen LogP contribution in [0, 0.1) is 0 Å². The van der Waals surface area contributed by atoms with Crippen molar-refractivity contribution in [1.82, 2.24) is 15.2 Å². The fourth-order valence-corrected chi connectivity index (χ4v) is 1.44. The minimum absolute atomic E-state index is 0.323. The van der Waals surface area contributed by atoms with Crippen LogP contribution in [0.5, 0.6) is 11.5 Å². The van der Waals surface area contributed by atoms with Crippen molar-refractivity contribution in [2.75, 3.05) is 14.2 Å². The van der Waals surface area contributed by atoms with Gasteiger partial charge in [0.1, 0.15) is 24.7 Å². The number of aromatic nitrogens is 3. The summed E-state index contributed by atoms with van der Waals surface area (Å²) < 4.78 is 15.6. The van der Waals surface area contributed by atoms with Gasteiger partial charge in [0.25, 0.3) is 0 Å². The van der Waals surface area contributed by atoms with Crippen molar-refractivity contribution in [2.45, 2.75) is 13.2 Å². The topological polar surface area (TPSA) is 69.3 Å². The van der Waals surface area contributed by atoms with E-state index in [2.05, 4.69) is 15.2 Å². The first-order chi connectivity index (χ1) is 8.81. The molecule has 0 aliphatic carbocycles. The molecule has 0 bridgehead atoms. The summed E-state index contributed by atoms with van der Waals surface area (Å²) in [6.07, 6.45) is 0. The second-order valence-corrected chi connectivity index (χ2v) is 3.60. The maximum Gasteiger partial charge on any atom is 0.176 e. The molecule has 0 amide bonds. The average molecular weight is 249 g/mol. The zero-order valence-corrected chi connectivity index (χ0v) is 10.3. The Balaban J connectivity index is 1.93. The van der Waals surface area contributed by atoms with Crippen molar-refractivity contribution in [2.24, 2.45) is 0 Å². The summed E-state index contributed by atoms with van der Waals surface area (Å²) in [5, 5.41) is 6.78. The summed E-state index contributed by atoms with van der Waals surface area (Å²) in [7, 11) is 3.22. The third-order valence-electron chi connectivity index (χ3n) is 2.27. The molecule has 6 nitrogen and oxygen atoms in total. The number of nitrogens with zero attached hydrogens (tertiary/aromatic N) is 2. The fraction of sp³-hybridized carbons (Fsp3) is 0.333. The first-order valence-corrected chi connectivity index (χ1v) is 5.47. The minimum Gasteiger partial charge on any atom is -0.497 e. The number of aromatic amines is 1. The lowest BCUT2D eigenvalue weighted by Crippen LogP contribution is -1.98. The molecule has 2 rings (SSSR count). The molecule has 0 atom stereocenters. The van der Waals surface area contributed by atoms with E-state index in [9.17, 15) is 0 Å². The molecule has 0 saturated carbocycles. The first-order valence-electron chi connectivity index (χ1n) is 5.47. The highest BCUT2D eigenvalue weighted by Crippen LogP contribution is 2.19. The first kappa shape index (κ1) is 12.4. The minimum atomic E-state index is 0.323. The molecule has 0 fully saturated rings. The molecule has 1 aromatic heterocycles. The van der Waals surface area contributed by atoms with Gasteiger partial charge in [0, 0.05) is 13.2 Å². The predicted octanol–water partition coefficient (Wildman–Crippen LogP) is 1.54. The SMILES string of the molecule is COCc1n[nH]c(COc2cccc(OC)c2)n1. The zero-order valence-electron chi connectivity index (χ0n) is 10.3. The van der Waals surface area contributed by atoms with Gasteiger partial charge in [-0.25, -0.2) is 4.98 Å². The summed E-state index contributed by atoms with van der Waals surface area (Å²) in [6.45, 7) is 0.708. The van der Waals surface area contributed by atoms with Gasteiger partial charge in [0.15, 0.2) is 11.6 Å². The Morgan fingerprint density at radius 3 is 2.78 bits per heavy atom. The Kier molecular flexibility index (Phi) is 4.14. The van der Waals surface area contributed by atoms with Crippen LogP contribution >= 0.6 is 0 Å².